The molecule has 2 fully saturated rings. The molecule has 0 amide bonds. The van der Waals surface area contributed by atoms with Crippen LogP contribution in [-0.4, -0.2) is 56.8 Å². The lowest BCUT2D eigenvalue weighted by atomic mass is 10.0. The Balaban J connectivity index is 0.00000243. The van der Waals surface area contributed by atoms with Gasteiger partial charge < -0.3 is 15.4 Å². The maximum Gasteiger partial charge on any atom is 0.191 e. The van der Waals surface area contributed by atoms with Gasteiger partial charge in [-0.1, -0.05) is 36.6 Å². The van der Waals surface area contributed by atoms with Crippen LogP contribution >= 0.6 is 35.6 Å². The van der Waals surface area contributed by atoms with Crippen LogP contribution in [0.3, 0.4) is 0 Å². The van der Waals surface area contributed by atoms with Gasteiger partial charge in [-0.15, -0.1) is 24.0 Å². The number of ether oxygens (including phenoxy) is 1. The number of halogens is 2. The molecule has 2 N–H and O–H groups in total. The van der Waals surface area contributed by atoms with Gasteiger partial charge in [0.1, 0.15) is 0 Å². The van der Waals surface area contributed by atoms with E-state index >= 15 is 0 Å². The van der Waals surface area contributed by atoms with Crippen LogP contribution in [0.25, 0.3) is 0 Å². The van der Waals surface area contributed by atoms with Crippen molar-refractivity contribution in [2.24, 2.45) is 4.99 Å². The predicted octanol–water partition coefficient (Wildman–Crippen LogP) is 3.44. The first-order valence-electron chi connectivity index (χ1n) is 9.30. The fraction of sp³-hybridized carbons (Fsp3) is 0.632. The van der Waals surface area contributed by atoms with E-state index in [0.29, 0.717) is 6.04 Å². The lowest BCUT2D eigenvalue weighted by molar-refractivity contribution is 0.0170. The molecule has 7 heteroatoms. The number of benzene rings is 1. The highest BCUT2D eigenvalue weighted by atomic mass is 127. The second-order valence-corrected chi connectivity index (χ2v) is 7.23. The normalized spacial score (nSPS) is 20.5. The molecule has 2 aliphatic rings. The second-order valence-electron chi connectivity index (χ2n) is 6.79. The molecule has 1 saturated carbocycles. The Bertz CT molecular complexity index is 557. The van der Waals surface area contributed by atoms with Gasteiger partial charge in [0.25, 0.3) is 0 Å². The van der Waals surface area contributed by atoms with E-state index in [9.17, 15) is 0 Å². The van der Waals surface area contributed by atoms with Crippen LogP contribution in [-0.2, 0) is 4.74 Å². The lowest BCUT2D eigenvalue weighted by Gasteiger charge is -2.35. The lowest BCUT2D eigenvalue weighted by Crippen LogP contribution is -2.48. The minimum atomic E-state index is 0. The topological polar surface area (TPSA) is 48.9 Å². The summed E-state index contributed by atoms with van der Waals surface area (Å²) in [5.41, 5.74) is 1.27. The molecule has 5 nitrogen and oxygen atoms in total. The first kappa shape index (κ1) is 21.7. The molecular weight excluding hydrogens is 463 g/mol. The summed E-state index contributed by atoms with van der Waals surface area (Å²) in [5.74, 6) is 0.902. The maximum absolute atomic E-state index is 6.07. The van der Waals surface area contributed by atoms with E-state index in [0.717, 1.165) is 43.8 Å². The van der Waals surface area contributed by atoms with Crippen molar-refractivity contribution in [2.45, 2.75) is 37.8 Å². The van der Waals surface area contributed by atoms with Gasteiger partial charge in [-0.2, -0.15) is 0 Å². The third-order valence-electron chi connectivity index (χ3n) is 5.12. The molecule has 0 radical (unpaired) electrons. The SMILES string of the molecule is CN=C(NCC(c1ccc(Cl)cc1)N1CCOCC1)NC1CCCC1.I. The molecular formula is C19H30ClIN4O. The summed E-state index contributed by atoms with van der Waals surface area (Å²) < 4.78 is 5.52. The van der Waals surface area contributed by atoms with E-state index in [2.05, 4.69) is 32.7 Å². The highest BCUT2D eigenvalue weighted by Crippen LogP contribution is 2.23. The number of nitrogens with one attached hydrogen (secondary N) is 2. The summed E-state index contributed by atoms with van der Waals surface area (Å²) in [5, 5.41) is 7.86. The quantitative estimate of drug-likeness (QED) is 0.376. The number of hydrogen-bond acceptors (Lipinski definition) is 3. The largest absolute Gasteiger partial charge is 0.379 e. The molecule has 1 aromatic rings. The zero-order chi connectivity index (χ0) is 17.5. The molecule has 1 aromatic carbocycles. The number of hydrogen-bond donors (Lipinski definition) is 2. The van der Waals surface area contributed by atoms with Crippen LogP contribution in [0.4, 0.5) is 0 Å². The molecule has 1 heterocycles. The van der Waals surface area contributed by atoms with Crippen molar-refractivity contribution in [1.82, 2.24) is 15.5 Å². The van der Waals surface area contributed by atoms with Crippen LogP contribution in [0.1, 0.15) is 37.3 Å². The maximum atomic E-state index is 6.07. The summed E-state index contributed by atoms with van der Waals surface area (Å²) in [6.45, 7) is 4.29. The van der Waals surface area contributed by atoms with Gasteiger partial charge in [0.2, 0.25) is 0 Å². The van der Waals surface area contributed by atoms with Crippen LogP contribution in [0.15, 0.2) is 29.3 Å². The number of guanidine groups is 1. The molecule has 1 saturated heterocycles. The van der Waals surface area contributed by atoms with Crippen LogP contribution < -0.4 is 10.6 Å². The van der Waals surface area contributed by atoms with Gasteiger partial charge in [-0.05, 0) is 30.5 Å². The van der Waals surface area contributed by atoms with Crippen LogP contribution in [0.5, 0.6) is 0 Å². The molecule has 1 unspecified atom stereocenters. The van der Waals surface area contributed by atoms with Crippen molar-refractivity contribution >= 4 is 41.5 Å². The number of morpholine rings is 1. The molecule has 1 atom stereocenters. The molecule has 1 aliphatic carbocycles. The van der Waals surface area contributed by atoms with E-state index in [1.165, 1.54) is 31.2 Å². The van der Waals surface area contributed by atoms with Crippen molar-refractivity contribution in [2.75, 3.05) is 39.9 Å². The van der Waals surface area contributed by atoms with Crippen LogP contribution in [0.2, 0.25) is 5.02 Å². The zero-order valence-electron chi connectivity index (χ0n) is 15.4. The van der Waals surface area contributed by atoms with Gasteiger partial charge in [0.05, 0.1) is 19.3 Å². The fourth-order valence-corrected chi connectivity index (χ4v) is 3.81. The summed E-state index contributed by atoms with van der Waals surface area (Å²) in [6.07, 6.45) is 5.11. The average molecular weight is 493 g/mol. The zero-order valence-corrected chi connectivity index (χ0v) is 18.5. The van der Waals surface area contributed by atoms with Crippen molar-refractivity contribution in [3.8, 4) is 0 Å². The number of rotatable bonds is 5. The summed E-state index contributed by atoms with van der Waals surface area (Å²) in [6, 6.07) is 9.02. The molecule has 0 aromatic heterocycles. The minimum Gasteiger partial charge on any atom is -0.379 e. The van der Waals surface area contributed by atoms with E-state index in [-0.39, 0.29) is 30.0 Å². The summed E-state index contributed by atoms with van der Waals surface area (Å²) >= 11 is 6.07. The number of nitrogens with zero attached hydrogens (tertiary/aromatic N) is 2. The fourth-order valence-electron chi connectivity index (χ4n) is 3.68. The van der Waals surface area contributed by atoms with E-state index in [4.69, 9.17) is 16.3 Å². The van der Waals surface area contributed by atoms with E-state index in [1.54, 1.807) is 0 Å². The van der Waals surface area contributed by atoms with Crippen molar-refractivity contribution in [3.05, 3.63) is 34.9 Å². The Kier molecular flexibility index (Phi) is 9.45. The van der Waals surface area contributed by atoms with E-state index < -0.39 is 0 Å². The average Bonchev–Trinajstić information content (AvgIpc) is 3.16. The molecule has 3 rings (SSSR count). The van der Waals surface area contributed by atoms with Crippen LogP contribution in [0, 0.1) is 0 Å². The van der Waals surface area contributed by atoms with Gasteiger partial charge in [0.15, 0.2) is 5.96 Å². The Labute approximate surface area is 178 Å². The van der Waals surface area contributed by atoms with Gasteiger partial charge in [0, 0.05) is 37.7 Å². The highest BCUT2D eigenvalue weighted by Gasteiger charge is 2.23. The Morgan fingerprint density at radius 3 is 2.50 bits per heavy atom. The smallest absolute Gasteiger partial charge is 0.191 e. The Morgan fingerprint density at radius 2 is 1.88 bits per heavy atom. The third kappa shape index (κ3) is 6.25. The van der Waals surface area contributed by atoms with Gasteiger partial charge >= 0.3 is 0 Å². The molecule has 0 bridgehead atoms. The number of aliphatic imine (C=N–C) groups is 1. The van der Waals surface area contributed by atoms with Gasteiger partial charge in [-0.25, -0.2) is 0 Å². The molecule has 1 aliphatic heterocycles. The van der Waals surface area contributed by atoms with Gasteiger partial charge in [-0.3, -0.25) is 9.89 Å². The van der Waals surface area contributed by atoms with Crippen molar-refractivity contribution in [1.29, 1.82) is 0 Å². The van der Waals surface area contributed by atoms with Crippen molar-refractivity contribution in [3.63, 3.8) is 0 Å². The monoisotopic (exact) mass is 492 g/mol. The molecule has 26 heavy (non-hydrogen) atoms. The Hall–Kier alpha value is -0.570. The minimum absolute atomic E-state index is 0. The molecule has 146 valence electrons. The predicted molar refractivity (Wildman–Crippen MR) is 119 cm³/mol. The first-order valence-corrected chi connectivity index (χ1v) is 9.68. The first-order chi connectivity index (χ1) is 12.3. The Morgan fingerprint density at radius 1 is 1.23 bits per heavy atom. The van der Waals surface area contributed by atoms with Crippen molar-refractivity contribution < 1.29 is 4.74 Å². The summed E-state index contributed by atoms with van der Waals surface area (Å²) in [7, 11) is 1.84. The second kappa shape index (κ2) is 11.3. The standard InChI is InChI=1S/C19H29ClN4O.HI/c1-21-19(23-17-4-2-3-5-17)22-14-18(24-10-12-25-13-11-24)15-6-8-16(20)9-7-15;/h6-9,17-18H,2-5,10-14H2,1H3,(H2,21,22,23);1H. The molecule has 0 spiro atoms. The third-order valence-corrected chi connectivity index (χ3v) is 5.38. The summed E-state index contributed by atoms with van der Waals surface area (Å²) in [4.78, 5) is 6.88. The highest BCUT2D eigenvalue weighted by molar-refractivity contribution is 14.0. The van der Waals surface area contributed by atoms with E-state index in [1.807, 2.05) is 19.2 Å².